The van der Waals surface area contributed by atoms with E-state index < -0.39 is 18.0 Å². The number of fused-ring (bicyclic) bond motifs is 6. The zero-order valence-corrected chi connectivity index (χ0v) is 25.6. The number of piperazine rings is 3. The SMILES string of the molecule is CC(O)C1C(=O)N2C(C(=O)O)=C3C(Oc4ccc(CC[N+]56CC[N+](CCCN)(CC5)CC6)cc4I)CCCC3C12. The Bertz CT molecular complexity index is 1190. The Balaban J connectivity index is 1.13. The number of nitrogens with zero attached hydrogens (tertiary/aromatic N) is 3. The smallest absolute Gasteiger partial charge is 0.352 e. The van der Waals surface area contributed by atoms with Crippen LogP contribution in [0.3, 0.4) is 0 Å². The number of aliphatic carboxylic acids is 1. The molecule has 5 fully saturated rings. The van der Waals surface area contributed by atoms with Gasteiger partial charge in [-0.1, -0.05) is 6.07 Å². The van der Waals surface area contributed by atoms with Crippen molar-refractivity contribution in [1.29, 1.82) is 0 Å². The molecular formula is C30H43IN4O5+2. The van der Waals surface area contributed by atoms with Gasteiger partial charge in [0.2, 0.25) is 5.91 Å². The predicted octanol–water partition coefficient (Wildman–Crippen LogP) is 1.95. The first-order valence-corrected chi connectivity index (χ1v) is 16.1. The molecule has 4 saturated heterocycles. The van der Waals surface area contributed by atoms with Crippen molar-refractivity contribution in [3.63, 3.8) is 0 Å². The minimum Gasteiger partial charge on any atom is -0.485 e. The molecule has 0 aromatic heterocycles. The zero-order valence-electron chi connectivity index (χ0n) is 23.4. The lowest BCUT2D eigenvalue weighted by Crippen LogP contribution is -2.75. The highest BCUT2D eigenvalue weighted by Crippen LogP contribution is 2.52. The molecule has 6 aliphatic rings. The van der Waals surface area contributed by atoms with Crippen LogP contribution in [0.1, 0.15) is 38.2 Å². The first kappa shape index (κ1) is 28.4. The van der Waals surface area contributed by atoms with Crippen LogP contribution in [0.4, 0.5) is 0 Å². The van der Waals surface area contributed by atoms with E-state index >= 15 is 0 Å². The second kappa shape index (κ2) is 10.8. The van der Waals surface area contributed by atoms with Crippen LogP contribution >= 0.6 is 22.6 Å². The van der Waals surface area contributed by atoms with Gasteiger partial charge < -0.3 is 34.5 Å². The number of nitrogens with two attached hydrogens (primary N) is 1. The molecule has 1 aromatic carbocycles. The average Bonchev–Trinajstić information content (AvgIpc) is 3.24. The van der Waals surface area contributed by atoms with Crippen molar-refractivity contribution in [3.8, 4) is 5.75 Å². The number of carbonyl (C=O) groups excluding carboxylic acids is 1. The van der Waals surface area contributed by atoms with E-state index in [9.17, 15) is 19.8 Å². The Labute approximate surface area is 250 Å². The van der Waals surface area contributed by atoms with Gasteiger partial charge in [0.25, 0.3) is 0 Å². The molecule has 7 rings (SSSR count). The molecule has 1 saturated carbocycles. The highest BCUT2D eigenvalue weighted by Gasteiger charge is 2.62. The summed E-state index contributed by atoms with van der Waals surface area (Å²) in [6, 6.07) is 6.14. The molecule has 218 valence electrons. The fourth-order valence-electron chi connectivity index (χ4n) is 8.31. The van der Waals surface area contributed by atoms with E-state index in [2.05, 4.69) is 34.7 Å². The maximum Gasteiger partial charge on any atom is 0.352 e. The molecule has 10 heteroatoms. The van der Waals surface area contributed by atoms with E-state index in [0.717, 1.165) is 53.5 Å². The molecule has 5 atom stereocenters. The summed E-state index contributed by atoms with van der Waals surface area (Å²) in [7, 11) is 0. The van der Waals surface area contributed by atoms with E-state index in [4.69, 9.17) is 10.5 Å². The molecule has 1 aromatic rings. The van der Waals surface area contributed by atoms with Gasteiger partial charge in [0.1, 0.15) is 56.8 Å². The Morgan fingerprint density at radius 2 is 1.82 bits per heavy atom. The van der Waals surface area contributed by atoms with Gasteiger partial charge in [0.05, 0.1) is 34.7 Å². The lowest BCUT2D eigenvalue weighted by molar-refractivity contribution is -1.08. The summed E-state index contributed by atoms with van der Waals surface area (Å²) in [5.41, 5.74) is 7.91. The number of hydrogen-bond acceptors (Lipinski definition) is 5. The summed E-state index contributed by atoms with van der Waals surface area (Å²) in [4.78, 5) is 26.5. The van der Waals surface area contributed by atoms with Gasteiger partial charge in [-0.25, -0.2) is 4.79 Å². The largest absolute Gasteiger partial charge is 0.485 e. The lowest BCUT2D eigenvalue weighted by atomic mass is 9.71. The monoisotopic (exact) mass is 666 g/mol. The van der Waals surface area contributed by atoms with Gasteiger partial charge in [-0.3, -0.25) is 4.79 Å². The Morgan fingerprint density at radius 1 is 1.15 bits per heavy atom. The molecule has 4 N–H and O–H groups in total. The summed E-state index contributed by atoms with van der Waals surface area (Å²) < 4.78 is 10.1. The summed E-state index contributed by atoms with van der Waals surface area (Å²) in [5, 5.41) is 20.3. The first-order valence-electron chi connectivity index (χ1n) is 15.0. The molecule has 5 aliphatic heterocycles. The summed E-state index contributed by atoms with van der Waals surface area (Å²) in [5.74, 6) is -1.22. The second-order valence-electron chi connectivity index (χ2n) is 12.8. The van der Waals surface area contributed by atoms with E-state index in [0.29, 0.717) is 0 Å². The number of carboxylic acid groups (broad SMARTS) is 1. The predicted molar refractivity (Wildman–Crippen MR) is 158 cm³/mol. The van der Waals surface area contributed by atoms with Crippen molar-refractivity contribution in [3.05, 3.63) is 38.6 Å². The normalized spacial score (nSPS) is 35.3. The number of rotatable bonds is 10. The molecule has 9 nitrogen and oxygen atoms in total. The number of β-lactam (4-membered cyclic amide) rings is 1. The van der Waals surface area contributed by atoms with Gasteiger partial charge in [0.15, 0.2) is 0 Å². The zero-order chi connectivity index (χ0) is 28.2. The van der Waals surface area contributed by atoms with Gasteiger partial charge in [-0.15, -0.1) is 0 Å². The number of benzene rings is 1. The standard InChI is InChI=1S/C30H42IN4O5/c1-19(36)25-27-21-4-2-5-24(26(21)28(30(38)39)33(27)29(25)37)40-23-7-6-20(18-22(23)31)8-11-35-15-12-34(13-16-35,14-17-35)10-3-9-32/h6-7,18-19,21,24-25,27,36H,2-5,8-17,32H2,1H3/q+1/p+1. The Hall–Kier alpha value is -1.73. The van der Waals surface area contributed by atoms with E-state index in [1.54, 1.807) is 6.92 Å². The van der Waals surface area contributed by atoms with Crippen molar-refractivity contribution in [1.82, 2.24) is 4.90 Å². The Kier molecular flexibility index (Phi) is 7.69. The van der Waals surface area contributed by atoms with Crippen LogP contribution in [-0.4, -0.2) is 113 Å². The van der Waals surface area contributed by atoms with Crippen LogP contribution in [0.15, 0.2) is 29.5 Å². The van der Waals surface area contributed by atoms with Crippen LogP contribution in [0, 0.1) is 15.4 Å². The number of aliphatic hydroxyl groups is 1. The molecule has 1 amide bonds. The fourth-order valence-corrected chi connectivity index (χ4v) is 9.02. The second-order valence-corrected chi connectivity index (χ2v) is 14.0. The third kappa shape index (κ3) is 4.77. The molecule has 0 radical (unpaired) electrons. The van der Waals surface area contributed by atoms with Gasteiger partial charge in [-0.2, -0.15) is 0 Å². The molecule has 1 aliphatic carbocycles. The average molecular weight is 667 g/mol. The fraction of sp³-hybridized carbons (Fsp3) is 0.667. The molecule has 2 bridgehead atoms. The van der Waals surface area contributed by atoms with Crippen LogP contribution in [0.2, 0.25) is 0 Å². The van der Waals surface area contributed by atoms with Crippen LogP contribution in [0.5, 0.6) is 5.75 Å². The van der Waals surface area contributed by atoms with Gasteiger partial charge >= 0.3 is 5.97 Å². The molecule has 0 spiro atoms. The summed E-state index contributed by atoms with van der Waals surface area (Å²) >= 11 is 2.33. The summed E-state index contributed by atoms with van der Waals surface area (Å²) in [6.45, 7) is 12.5. The number of aliphatic hydroxyl groups excluding tert-OH is 1. The Morgan fingerprint density at radius 3 is 2.42 bits per heavy atom. The summed E-state index contributed by atoms with van der Waals surface area (Å²) in [6.07, 6.45) is 3.43. The third-order valence-corrected chi connectivity index (χ3v) is 11.5. The van der Waals surface area contributed by atoms with E-state index in [1.165, 1.54) is 71.8 Å². The first-order chi connectivity index (χ1) is 19.2. The van der Waals surface area contributed by atoms with Crippen molar-refractivity contribution in [2.45, 2.75) is 57.3 Å². The molecular weight excluding hydrogens is 623 g/mol. The maximum absolute atomic E-state index is 12.8. The van der Waals surface area contributed by atoms with E-state index in [1.807, 2.05) is 6.07 Å². The van der Waals surface area contributed by atoms with Gasteiger partial charge in [-0.05, 0) is 73.0 Å². The van der Waals surface area contributed by atoms with Crippen molar-refractivity contribution in [2.24, 2.45) is 17.6 Å². The number of ether oxygens (including phenoxy) is 1. The van der Waals surface area contributed by atoms with Gasteiger partial charge in [0, 0.05) is 24.3 Å². The number of carbonyl (C=O) groups is 2. The third-order valence-electron chi connectivity index (χ3n) is 10.7. The maximum atomic E-state index is 12.8. The topological polar surface area (TPSA) is 113 Å². The van der Waals surface area contributed by atoms with Crippen LogP contribution in [0.25, 0.3) is 0 Å². The van der Waals surface area contributed by atoms with Crippen molar-refractivity contribution in [2.75, 3.05) is 58.9 Å². The number of halogens is 1. The van der Waals surface area contributed by atoms with Crippen molar-refractivity contribution < 1.29 is 33.5 Å². The minimum atomic E-state index is -1.08. The minimum absolute atomic E-state index is 0.0743. The number of quaternary nitrogens is 2. The highest BCUT2D eigenvalue weighted by molar-refractivity contribution is 14.1. The highest BCUT2D eigenvalue weighted by atomic mass is 127. The number of hydrogen-bond donors (Lipinski definition) is 3. The van der Waals surface area contributed by atoms with Crippen molar-refractivity contribution >= 4 is 34.5 Å². The quantitative estimate of drug-likeness (QED) is 0.200. The number of amides is 1. The van der Waals surface area contributed by atoms with Crippen LogP contribution < -0.4 is 10.5 Å². The van der Waals surface area contributed by atoms with E-state index in [-0.39, 0.29) is 29.7 Å². The number of carboxylic acids is 1. The molecule has 40 heavy (non-hydrogen) atoms. The molecule has 5 heterocycles. The lowest BCUT2D eigenvalue weighted by Gasteiger charge is -2.55. The molecule has 5 unspecified atom stereocenters. The van der Waals surface area contributed by atoms with Crippen LogP contribution in [-0.2, 0) is 16.0 Å².